The molecule has 0 radical (unpaired) electrons. The van der Waals surface area contributed by atoms with Crippen molar-refractivity contribution in [2.45, 2.75) is 60.0 Å². The van der Waals surface area contributed by atoms with E-state index in [2.05, 4.69) is 5.32 Å². The SMILES string of the molecule is CC(C)NC(CC(=O)C(C)C)C(=O)C(C)C. The highest BCUT2D eigenvalue weighted by Gasteiger charge is 2.25. The van der Waals surface area contributed by atoms with Crippen LogP contribution in [0.25, 0.3) is 0 Å². The van der Waals surface area contributed by atoms with Crippen LogP contribution in [0, 0.1) is 11.8 Å². The molecule has 0 saturated carbocycles. The van der Waals surface area contributed by atoms with Crippen LogP contribution in [0.5, 0.6) is 0 Å². The third-order valence-electron chi connectivity index (χ3n) is 2.50. The molecule has 16 heavy (non-hydrogen) atoms. The summed E-state index contributed by atoms with van der Waals surface area (Å²) in [7, 11) is 0. The summed E-state index contributed by atoms with van der Waals surface area (Å²) in [6.07, 6.45) is 0.312. The molecule has 0 fully saturated rings. The maximum atomic E-state index is 11.9. The first-order valence-electron chi connectivity index (χ1n) is 6.08. The Morgan fingerprint density at radius 3 is 1.75 bits per heavy atom. The zero-order valence-corrected chi connectivity index (χ0v) is 11.3. The van der Waals surface area contributed by atoms with Crippen molar-refractivity contribution in [1.29, 1.82) is 0 Å². The van der Waals surface area contributed by atoms with E-state index in [1.807, 2.05) is 41.5 Å². The summed E-state index contributed by atoms with van der Waals surface area (Å²) < 4.78 is 0. The first kappa shape index (κ1) is 15.3. The minimum atomic E-state index is -0.324. The van der Waals surface area contributed by atoms with Crippen molar-refractivity contribution in [2.75, 3.05) is 0 Å². The van der Waals surface area contributed by atoms with Crippen LogP contribution >= 0.6 is 0 Å². The Labute approximate surface area is 99.0 Å². The quantitative estimate of drug-likeness (QED) is 0.725. The van der Waals surface area contributed by atoms with Crippen LogP contribution in [-0.4, -0.2) is 23.7 Å². The van der Waals surface area contributed by atoms with Crippen molar-refractivity contribution in [1.82, 2.24) is 5.32 Å². The fourth-order valence-corrected chi connectivity index (χ4v) is 1.48. The standard InChI is InChI=1S/C13H25NO2/c1-8(2)12(15)7-11(14-10(5)6)13(16)9(3)4/h8-11,14H,7H2,1-6H3. The Bertz CT molecular complexity index is 244. The molecule has 0 spiro atoms. The minimum absolute atomic E-state index is 0.00331. The number of ketones is 2. The Balaban J connectivity index is 4.55. The van der Waals surface area contributed by atoms with Gasteiger partial charge in [-0.05, 0) is 0 Å². The molecule has 0 heterocycles. The molecule has 0 aromatic rings. The van der Waals surface area contributed by atoms with Gasteiger partial charge < -0.3 is 5.32 Å². The van der Waals surface area contributed by atoms with E-state index in [9.17, 15) is 9.59 Å². The minimum Gasteiger partial charge on any atom is -0.305 e. The van der Waals surface area contributed by atoms with E-state index >= 15 is 0 Å². The van der Waals surface area contributed by atoms with Gasteiger partial charge in [0.1, 0.15) is 5.78 Å². The zero-order chi connectivity index (χ0) is 12.9. The molecular weight excluding hydrogens is 202 g/mol. The summed E-state index contributed by atoms with van der Waals surface area (Å²) in [5, 5.41) is 3.18. The lowest BCUT2D eigenvalue weighted by Crippen LogP contribution is -2.44. The van der Waals surface area contributed by atoms with Gasteiger partial charge in [-0.3, -0.25) is 9.59 Å². The van der Waals surface area contributed by atoms with E-state index in [4.69, 9.17) is 0 Å². The third kappa shape index (κ3) is 5.40. The lowest BCUT2D eigenvalue weighted by atomic mass is 9.93. The molecule has 3 nitrogen and oxygen atoms in total. The summed E-state index contributed by atoms with van der Waals surface area (Å²) in [4.78, 5) is 23.6. The van der Waals surface area contributed by atoms with Crippen LogP contribution in [0.15, 0.2) is 0 Å². The lowest BCUT2D eigenvalue weighted by molar-refractivity contribution is -0.129. The highest BCUT2D eigenvalue weighted by atomic mass is 16.1. The average Bonchev–Trinajstić information content (AvgIpc) is 2.14. The highest BCUT2D eigenvalue weighted by molar-refractivity contribution is 5.92. The molecule has 1 unspecified atom stereocenters. The van der Waals surface area contributed by atoms with Gasteiger partial charge in [0.25, 0.3) is 0 Å². The molecule has 3 heteroatoms. The molecule has 94 valence electrons. The molecule has 0 aliphatic carbocycles. The van der Waals surface area contributed by atoms with Crippen LogP contribution in [0.3, 0.4) is 0 Å². The summed E-state index contributed by atoms with van der Waals surface area (Å²) in [5.74, 6) is 0.238. The van der Waals surface area contributed by atoms with Crippen LogP contribution < -0.4 is 5.32 Å². The van der Waals surface area contributed by atoms with Gasteiger partial charge >= 0.3 is 0 Å². The van der Waals surface area contributed by atoms with Crippen molar-refractivity contribution in [2.24, 2.45) is 11.8 Å². The number of hydrogen-bond acceptors (Lipinski definition) is 3. The highest BCUT2D eigenvalue weighted by Crippen LogP contribution is 2.09. The van der Waals surface area contributed by atoms with Crippen molar-refractivity contribution in [3.63, 3.8) is 0 Å². The maximum Gasteiger partial charge on any atom is 0.152 e. The first-order chi connectivity index (χ1) is 7.25. The zero-order valence-electron chi connectivity index (χ0n) is 11.3. The van der Waals surface area contributed by atoms with Crippen LogP contribution in [-0.2, 0) is 9.59 Å². The van der Waals surface area contributed by atoms with Gasteiger partial charge in [0, 0.05) is 24.3 Å². The monoisotopic (exact) mass is 227 g/mol. The van der Waals surface area contributed by atoms with Gasteiger partial charge in [0.15, 0.2) is 5.78 Å². The second-order valence-electron chi connectivity index (χ2n) is 5.26. The molecule has 0 amide bonds. The molecular formula is C13H25NO2. The molecule has 0 rings (SSSR count). The van der Waals surface area contributed by atoms with Crippen LogP contribution in [0.2, 0.25) is 0 Å². The Morgan fingerprint density at radius 2 is 1.44 bits per heavy atom. The number of hydrogen-bond donors (Lipinski definition) is 1. The number of nitrogens with one attached hydrogen (secondary N) is 1. The molecule has 0 saturated heterocycles. The average molecular weight is 227 g/mol. The van der Waals surface area contributed by atoms with E-state index in [1.165, 1.54) is 0 Å². The summed E-state index contributed by atoms with van der Waals surface area (Å²) >= 11 is 0. The van der Waals surface area contributed by atoms with Crippen molar-refractivity contribution in [3.05, 3.63) is 0 Å². The van der Waals surface area contributed by atoms with Gasteiger partial charge in [-0.1, -0.05) is 41.5 Å². The maximum absolute atomic E-state index is 11.9. The summed E-state index contributed by atoms with van der Waals surface area (Å²) in [6, 6.07) is -0.109. The Morgan fingerprint density at radius 1 is 0.938 bits per heavy atom. The van der Waals surface area contributed by atoms with Gasteiger partial charge in [-0.25, -0.2) is 0 Å². The summed E-state index contributed by atoms with van der Waals surface area (Å²) in [5.41, 5.74) is 0. The second kappa shape index (κ2) is 6.79. The predicted molar refractivity (Wildman–Crippen MR) is 66.4 cm³/mol. The molecule has 0 aromatic heterocycles. The normalized spacial score (nSPS) is 13.6. The van der Waals surface area contributed by atoms with Gasteiger partial charge in [0.2, 0.25) is 0 Å². The first-order valence-corrected chi connectivity index (χ1v) is 6.08. The lowest BCUT2D eigenvalue weighted by Gasteiger charge is -2.22. The van der Waals surface area contributed by atoms with E-state index in [0.29, 0.717) is 6.42 Å². The molecule has 1 N–H and O–H groups in total. The van der Waals surface area contributed by atoms with E-state index in [-0.39, 0.29) is 35.5 Å². The van der Waals surface area contributed by atoms with Gasteiger partial charge in [-0.15, -0.1) is 0 Å². The van der Waals surface area contributed by atoms with E-state index in [0.717, 1.165) is 0 Å². The van der Waals surface area contributed by atoms with Crippen LogP contribution in [0.4, 0.5) is 0 Å². The van der Waals surface area contributed by atoms with E-state index in [1.54, 1.807) is 0 Å². The van der Waals surface area contributed by atoms with Crippen molar-refractivity contribution in [3.8, 4) is 0 Å². The van der Waals surface area contributed by atoms with Gasteiger partial charge in [0.05, 0.1) is 6.04 Å². The third-order valence-corrected chi connectivity index (χ3v) is 2.50. The molecule has 0 aromatic carbocycles. The number of carbonyl (C=O) groups excluding carboxylic acids is 2. The Kier molecular flexibility index (Phi) is 6.49. The van der Waals surface area contributed by atoms with Crippen molar-refractivity contribution >= 4 is 11.6 Å². The van der Waals surface area contributed by atoms with Crippen LogP contribution in [0.1, 0.15) is 48.0 Å². The summed E-state index contributed by atoms with van der Waals surface area (Å²) in [6.45, 7) is 11.5. The fraction of sp³-hybridized carbons (Fsp3) is 0.846. The number of rotatable bonds is 7. The molecule has 1 atom stereocenters. The van der Waals surface area contributed by atoms with Gasteiger partial charge in [-0.2, -0.15) is 0 Å². The van der Waals surface area contributed by atoms with Crippen molar-refractivity contribution < 1.29 is 9.59 Å². The Hall–Kier alpha value is -0.700. The smallest absolute Gasteiger partial charge is 0.152 e. The number of Topliss-reactive ketones (excluding diaryl/α,β-unsaturated/α-hetero) is 2. The molecule has 0 aliphatic heterocycles. The largest absolute Gasteiger partial charge is 0.305 e. The second-order valence-corrected chi connectivity index (χ2v) is 5.26. The topological polar surface area (TPSA) is 46.2 Å². The fourth-order valence-electron chi connectivity index (χ4n) is 1.48. The predicted octanol–water partition coefficient (Wildman–Crippen LogP) is 2.19. The molecule has 0 aliphatic rings. The molecule has 0 bridgehead atoms. The van der Waals surface area contributed by atoms with E-state index < -0.39 is 0 Å². The number of carbonyl (C=O) groups is 2.